The maximum atomic E-state index is 13.1. The minimum atomic E-state index is -0.755. The van der Waals surface area contributed by atoms with Crippen molar-refractivity contribution in [3.8, 4) is 0 Å². The summed E-state index contributed by atoms with van der Waals surface area (Å²) in [6.07, 6.45) is 3.45. The summed E-state index contributed by atoms with van der Waals surface area (Å²) in [5.41, 5.74) is 0.939. The Morgan fingerprint density at radius 1 is 1.13 bits per heavy atom. The molecule has 3 heteroatoms. The summed E-state index contributed by atoms with van der Waals surface area (Å²) in [7, 11) is 0. The average molecular weight is 209 g/mol. The van der Waals surface area contributed by atoms with Gasteiger partial charge in [-0.3, -0.25) is 0 Å². The Morgan fingerprint density at radius 3 is 2.60 bits per heavy atom. The van der Waals surface area contributed by atoms with Gasteiger partial charge in [0.1, 0.15) is 0 Å². The second kappa shape index (κ2) is 3.27. The highest BCUT2D eigenvalue weighted by atomic mass is 19.2. The molecule has 2 saturated heterocycles. The lowest BCUT2D eigenvalue weighted by molar-refractivity contribution is 0.486. The molecule has 1 nitrogen and oxygen atoms in total. The zero-order valence-corrected chi connectivity index (χ0v) is 8.34. The first-order valence-electron chi connectivity index (χ1n) is 5.45. The fraction of sp³-hybridized carbons (Fsp3) is 0.500. The van der Waals surface area contributed by atoms with Crippen molar-refractivity contribution >= 4 is 0 Å². The summed E-state index contributed by atoms with van der Waals surface area (Å²) in [4.78, 5) is 0. The molecular formula is C12H13F2N. The van der Waals surface area contributed by atoms with Crippen molar-refractivity contribution in [2.75, 3.05) is 0 Å². The second-order valence-corrected chi connectivity index (χ2v) is 4.56. The van der Waals surface area contributed by atoms with Crippen molar-refractivity contribution in [3.63, 3.8) is 0 Å². The highest BCUT2D eigenvalue weighted by molar-refractivity contribution is 5.26. The van der Waals surface area contributed by atoms with Crippen molar-refractivity contribution in [2.45, 2.75) is 37.3 Å². The van der Waals surface area contributed by atoms with Gasteiger partial charge in [-0.1, -0.05) is 6.07 Å². The van der Waals surface area contributed by atoms with Crippen LogP contribution in [-0.4, -0.2) is 12.1 Å². The van der Waals surface area contributed by atoms with E-state index in [9.17, 15) is 8.78 Å². The second-order valence-electron chi connectivity index (χ2n) is 4.56. The molecule has 2 heterocycles. The first kappa shape index (κ1) is 9.28. The first-order valence-corrected chi connectivity index (χ1v) is 5.45. The summed E-state index contributed by atoms with van der Waals surface area (Å²) >= 11 is 0. The summed E-state index contributed by atoms with van der Waals surface area (Å²) in [6.45, 7) is 0. The van der Waals surface area contributed by atoms with E-state index in [0.29, 0.717) is 18.0 Å². The predicted octanol–water partition coefficient (Wildman–Crippen LogP) is 2.57. The molecule has 2 aliphatic heterocycles. The van der Waals surface area contributed by atoms with Gasteiger partial charge in [-0.15, -0.1) is 0 Å². The van der Waals surface area contributed by atoms with Crippen molar-refractivity contribution in [3.05, 3.63) is 35.4 Å². The van der Waals surface area contributed by atoms with Crippen molar-refractivity contribution in [1.29, 1.82) is 0 Å². The number of hydrogen-bond acceptors (Lipinski definition) is 1. The molecule has 2 bridgehead atoms. The van der Waals surface area contributed by atoms with E-state index in [4.69, 9.17) is 0 Å². The monoisotopic (exact) mass is 209 g/mol. The van der Waals surface area contributed by atoms with E-state index < -0.39 is 11.6 Å². The molecule has 1 aromatic carbocycles. The van der Waals surface area contributed by atoms with Crippen LogP contribution in [0, 0.1) is 11.6 Å². The molecule has 3 atom stereocenters. The Morgan fingerprint density at radius 2 is 2.00 bits per heavy atom. The van der Waals surface area contributed by atoms with Crippen molar-refractivity contribution in [2.24, 2.45) is 0 Å². The molecule has 80 valence electrons. The molecule has 0 radical (unpaired) electrons. The molecular weight excluding hydrogens is 196 g/mol. The van der Waals surface area contributed by atoms with Gasteiger partial charge >= 0.3 is 0 Å². The third kappa shape index (κ3) is 1.46. The molecule has 15 heavy (non-hydrogen) atoms. The number of hydrogen-bond donors (Lipinski definition) is 1. The van der Waals surface area contributed by atoms with Crippen LogP contribution < -0.4 is 5.32 Å². The lowest BCUT2D eigenvalue weighted by atomic mass is 9.84. The van der Waals surface area contributed by atoms with Crippen molar-refractivity contribution in [1.82, 2.24) is 5.32 Å². The number of halogens is 2. The van der Waals surface area contributed by atoms with E-state index in [1.165, 1.54) is 18.6 Å². The average Bonchev–Trinajstić information content (AvgIpc) is 2.83. The zero-order chi connectivity index (χ0) is 10.4. The third-order valence-corrected chi connectivity index (χ3v) is 3.67. The summed E-state index contributed by atoms with van der Waals surface area (Å²) < 4.78 is 25.9. The van der Waals surface area contributed by atoms with Gasteiger partial charge in [0.15, 0.2) is 11.6 Å². The number of fused-ring (bicyclic) bond motifs is 2. The molecule has 0 amide bonds. The van der Waals surface area contributed by atoms with E-state index >= 15 is 0 Å². The molecule has 1 N–H and O–H groups in total. The van der Waals surface area contributed by atoms with E-state index in [0.717, 1.165) is 18.4 Å². The normalized spacial score (nSPS) is 33.6. The van der Waals surface area contributed by atoms with Gasteiger partial charge in [0.25, 0.3) is 0 Å². The standard InChI is InChI=1S/C12H13F2N/c13-10-3-1-7(5-11(10)14)9-6-8-2-4-12(9)15-8/h1,3,5,8-9,12,15H,2,4,6H2/t8-,9+,12+/m0/s1. The van der Waals surface area contributed by atoms with Crippen LogP contribution in [0.15, 0.2) is 18.2 Å². The van der Waals surface area contributed by atoms with Gasteiger partial charge < -0.3 is 5.32 Å². The number of benzene rings is 1. The maximum absolute atomic E-state index is 13.1. The van der Waals surface area contributed by atoms with Crippen LogP contribution in [0.1, 0.15) is 30.7 Å². The summed E-state index contributed by atoms with van der Waals surface area (Å²) in [5, 5.41) is 3.49. The molecule has 0 aromatic heterocycles. The molecule has 2 aliphatic rings. The van der Waals surface area contributed by atoms with Crippen LogP contribution in [0.4, 0.5) is 8.78 Å². The minimum Gasteiger partial charge on any atom is -0.311 e. The molecule has 0 unspecified atom stereocenters. The van der Waals surface area contributed by atoms with Gasteiger partial charge in [-0.2, -0.15) is 0 Å². The molecule has 2 fully saturated rings. The van der Waals surface area contributed by atoms with Crippen LogP contribution in [-0.2, 0) is 0 Å². The van der Waals surface area contributed by atoms with Crippen LogP contribution in [0.25, 0.3) is 0 Å². The fourth-order valence-corrected chi connectivity index (χ4v) is 2.94. The van der Waals surface area contributed by atoms with Crippen LogP contribution in [0.2, 0.25) is 0 Å². The molecule has 0 spiro atoms. The van der Waals surface area contributed by atoms with Gasteiger partial charge in [0.2, 0.25) is 0 Å². The Labute approximate surface area is 87.5 Å². The topological polar surface area (TPSA) is 12.0 Å². The van der Waals surface area contributed by atoms with Gasteiger partial charge in [-0.05, 0) is 37.0 Å². The Hall–Kier alpha value is -0.960. The summed E-state index contributed by atoms with van der Waals surface area (Å²) in [5.74, 6) is -1.11. The van der Waals surface area contributed by atoms with E-state index in [1.54, 1.807) is 6.07 Å². The quantitative estimate of drug-likeness (QED) is 0.749. The zero-order valence-electron chi connectivity index (χ0n) is 8.34. The van der Waals surface area contributed by atoms with Crippen LogP contribution >= 0.6 is 0 Å². The van der Waals surface area contributed by atoms with E-state index in [1.807, 2.05) is 0 Å². The molecule has 0 saturated carbocycles. The maximum Gasteiger partial charge on any atom is 0.159 e. The largest absolute Gasteiger partial charge is 0.311 e. The highest BCUT2D eigenvalue weighted by Gasteiger charge is 2.39. The van der Waals surface area contributed by atoms with Gasteiger partial charge in [0, 0.05) is 18.0 Å². The Kier molecular flexibility index (Phi) is 2.02. The summed E-state index contributed by atoms with van der Waals surface area (Å²) in [6, 6.07) is 5.36. The molecule has 3 rings (SSSR count). The molecule has 0 aliphatic carbocycles. The lowest BCUT2D eigenvalue weighted by Gasteiger charge is -2.20. The Balaban J connectivity index is 1.90. The van der Waals surface area contributed by atoms with Crippen LogP contribution in [0.5, 0.6) is 0 Å². The first-order chi connectivity index (χ1) is 7.24. The molecule has 1 aromatic rings. The van der Waals surface area contributed by atoms with E-state index in [-0.39, 0.29) is 0 Å². The fourth-order valence-electron chi connectivity index (χ4n) is 2.94. The Bertz CT molecular complexity index is 391. The lowest BCUT2D eigenvalue weighted by Crippen LogP contribution is -2.21. The third-order valence-electron chi connectivity index (χ3n) is 3.67. The predicted molar refractivity (Wildman–Crippen MR) is 53.7 cm³/mol. The minimum absolute atomic E-state index is 0.374. The number of nitrogens with one attached hydrogen (secondary N) is 1. The van der Waals surface area contributed by atoms with Gasteiger partial charge in [-0.25, -0.2) is 8.78 Å². The van der Waals surface area contributed by atoms with Gasteiger partial charge in [0.05, 0.1) is 0 Å². The number of rotatable bonds is 1. The van der Waals surface area contributed by atoms with Crippen molar-refractivity contribution < 1.29 is 8.78 Å². The smallest absolute Gasteiger partial charge is 0.159 e. The highest BCUT2D eigenvalue weighted by Crippen LogP contribution is 2.40. The SMILES string of the molecule is Fc1ccc([C@H]2C[C@@H]3CC[C@H]2N3)cc1F. The van der Waals surface area contributed by atoms with E-state index in [2.05, 4.69) is 5.32 Å². The van der Waals surface area contributed by atoms with Crippen LogP contribution in [0.3, 0.4) is 0 Å².